The first-order valence-electron chi connectivity index (χ1n) is 7.98. The van der Waals surface area contributed by atoms with Crippen molar-refractivity contribution in [2.75, 3.05) is 6.54 Å². The van der Waals surface area contributed by atoms with Crippen molar-refractivity contribution in [3.05, 3.63) is 34.9 Å². The largest absolute Gasteiger partial charge is 0.348 e. The monoisotopic (exact) mass is 308 g/mol. The highest BCUT2D eigenvalue weighted by molar-refractivity contribution is 5.82. The molecule has 3 rings (SSSR count). The van der Waals surface area contributed by atoms with E-state index in [0.717, 1.165) is 18.4 Å². The van der Waals surface area contributed by atoms with Crippen LogP contribution in [0, 0.1) is 0 Å². The van der Waals surface area contributed by atoms with E-state index in [1.54, 1.807) is 0 Å². The molecule has 120 valence electrons. The van der Waals surface area contributed by atoms with Gasteiger partial charge in [0.1, 0.15) is 0 Å². The molecule has 1 amide bonds. The molecule has 22 heavy (non-hydrogen) atoms. The summed E-state index contributed by atoms with van der Waals surface area (Å²) < 4.78 is 26.3. The SMILES string of the molecule is CC(NC(=O)C1CC(F)(F)CN1)c1ccc2c(c1)CCCC2. The van der Waals surface area contributed by atoms with Gasteiger partial charge in [-0.25, -0.2) is 8.78 Å². The van der Waals surface area contributed by atoms with E-state index in [1.165, 1.54) is 24.0 Å². The third kappa shape index (κ3) is 3.29. The minimum absolute atomic E-state index is 0.171. The van der Waals surface area contributed by atoms with Crippen molar-refractivity contribution >= 4 is 5.91 Å². The molecule has 1 fully saturated rings. The van der Waals surface area contributed by atoms with Crippen molar-refractivity contribution in [2.45, 2.75) is 57.0 Å². The van der Waals surface area contributed by atoms with Crippen molar-refractivity contribution in [3.8, 4) is 0 Å². The van der Waals surface area contributed by atoms with E-state index in [0.29, 0.717) is 0 Å². The molecule has 0 bridgehead atoms. The van der Waals surface area contributed by atoms with Crippen LogP contribution < -0.4 is 10.6 Å². The fourth-order valence-electron chi connectivity index (χ4n) is 3.32. The first-order valence-corrected chi connectivity index (χ1v) is 7.98. The number of benzene rings is 1. The van der Waals surface area contributed by atoms with Crippen molar-refractivity contribution in [3.63, 3.8) is 0 Å². The van der Waals surface area contributed by atoms with Gasteiger partial charge in [-0.15, -0.1) is 0 Å². The number of nitrogens with one attached hydrogen (secondary N) is 2. The van der Waals surface area contributed by atoms with Gasteiger partial charge in [0.2, 0.25) is 5.91 Å². The predicted molar refractivity (Wildman–Crippen MR) is 81.0 cm³/mol. The second-order valence-electron chi connectivity index (χ2n) is 6.46. The molecule has 0 aromatic heterocycles. The molecule has 2 N–H and O–H groups in total. The smallest absolute Gasteiger partial charge is 0.262 e. The van der Waals surface area contributed by atoms with Gasteiger partial charge < -0.3 is 5.32 Å². The summed E-state index contributed by atoms with van der Waals surface area (Å²) in [4.78, 5) is 12.1. The van der Waals surface area contributed by atoms with E-state index in [9.17, 15) is 13.6 Å². The Bertz CT molecular complexity index is 574. The molecule has 1 aliphatic heterocycles. The molecule has 3 nitrogen and oxygen atoms in total. The molecule has 1 aromatic rings. The summed E-state index contributed by atoms with van der Waals surface area (Å²) in [5, 5.41) is 5.44. The average Bonchev–Trinajstić information content (AvgIpc) is 2.87. The van der Waals surface area contributed by atoms with Gasteiger partial charge in [0.15, 0.2) is 0 Å². The van der Waals surface area contributed by atoms with Crippen LogP contribution in [-0.2, 0) is 17.6 Å². The summed E-state index contributed by atoms with van der Waals surface area (Å²) in [5.74, 6) is -3.13. The first kappa shape index (κ1) is 15.4. The van der Waals surface area contributed by atoms with Crippen molar-refractivity contribution in [1.29, 1.82) is 0 Å². The standard InChI is InChI=1S/C17H22F2N2O/c1-11(21-16(22)15-9-17(18,19)10-20-15)13-7-6-12-4-2-3-5-14(12)8-13/h6-8,11,15,20H,2-5,9-10H2,1H3,(H,21,22). The van der Waals surface area contributed by atoms with Crippen LogP contribution in [0.25, 0.3) is 0 Å². The lowest BCUT2D eigenvalue weighted by molar-refractivity contribution is -0.124. The summed E-state index contributed by atoms with van der Waals surface area (Å²) in [6, 6.07) is 5.35. The zero-order valence-corrected chi connectivity index (χ0v) is 12.8. The lowest BCUT2D eigenvalue weighted by Crippen LogP contribution is -2.41. The molecule has 2 unspecified atom stereocenters. The van der Waals surface area contributed by atoms with Crippen molar-refractivity contribution in [2.24, 2.45) is 0 Å². The summed E-state index contributed by atoms with van der Waals surface area (Å²) in [7, 11) is 0. The maximum absolute atomic E-state index is 13.2. The number of rotatable bonds is 3. The van der Waals surface area contributed by atoms with Crippen molar-refractivity contribution < 1.29 is 13.6 Å². The number of halogens is 2. The number of hydrogen-bond acceptors (Lipinski definition) is 2. The van der Waals surface area contributed by atoms with Gasteiger partial charge >= 0.3 is 0 Å². The second-order valence-corrected chi connectivity index (χ2v) is 6.46. The Morgan fingerprint density at radius 1 is 1.32 bits per heavy atom. The Morgan fingerprint density at radius 2 is 2.05 bits per heavy atom. The van der Waals surface area contributed by atoms with Crippen LogP contribution >= 0.6 is 0 Å². The number of aryl methyl sites for hydroxylation is 2. The zero-order valence-electron chi connectivity index (χ0n) is 12.8. The quantitative estimate of drug-likeness (QED) is 0.901. The Balaban J connectivity index is 1.64. The van der Waals surface area contributed by atoms with Crippen LogP contribution in [0.5, 0.6) is 0 Å². The Hall–Kier alpha value is -1.49. The highest BCUT2D eigenvalue weighted by atomic mass is 19.3. The van der Waals surface area contributed by atoms with Crippen LogP contribution in [0.4, 0.5) is 8.78 Å². The van der Waals surface area contributed by atoms with Crippen molar-refractivity contribution in [1.82, 2.24) is 10.6 Å². The average molecular weight is 308 g/mol. The topological polar surface area (TPSA) is 41.1 Å². The number of alkyl halides is 2. The molecule has 0 spiro atoms. The lowest BCUT2D eigenvalue weighted by Gasteiger charge is -2.21. The van der Waals surface area contributed by atoms with E-state index >= 15 is 0 Å². The highest BCUT2D eigenvalue weighted by Gasteiger charge is 2.42. The van der Waals surface area contributed by atoms with Gasteiger partial charge in [-0.2, -0.15) is 0 Å². The third-order valence-electron chi connectivity index (χ3n) is 4.66. The minimum atomic E-state index is -2.78. The third-order valence-corrected chi connectivity index (χ3v) is 4.66. The Labute approximate surface area is 129 Å². The fourth-order valence-corrected chi connectivity index (χ4v) is 3.32. The molecular weight excluding hydrogens is 286 g/mol. The number of fused-ring (bicyclic) bond motifs is 1. The molecule has 2 aliphatic rings. The molecule has 0 radical (unpaired) electrons. The summed E-state index contributed by atoms with van der Waals surface area (Å²) >= 11 is 0. The van der Waals surface area contributed by atoms with E-state index in [1.807, 2.05) is 13.0 Å². The van der Waals surface area contributed by atoms with Crippen LogP contribution in [0.2, 0.25) is 0 Å². The molecule has 5 heteroatoms. The molecule has 1 aromatic carbocycles. The van der Waals surface area contributed by atoms with Crippen LogP contribution in [-0.4, -0.2) is 24.4 Å². The summed E-state index contributed by atoms with van der Waals surface area (Å²) in [6.45, 7) is 1.48. The van der Waals surface area contributed by atoms with Crippen LogP contribution in [0.3, 0.4) is 0 Å². The Morgan fingerprint density at radius 3 is 2.73 bits per heavy atom. The minimum Gasteiger partial charge on any atom is -0.348 e. The number of amides is 1. The number of carbonyl (C=O) groups is 1. The first-order chi connectivity index (χ1) is 10.4. The molecule has 1 saturated heterocycles. The highest BCUT2D eigenvalue weighted by Crippen LogP contribution is 2.27. The Kier molecular flexibility index (Phi) is 4.17. The van der Waals surface area contributed by atoms with E-state index in [-0.39, 0.29) is 11.9 Å². The fraction of sp³-hybridized carbons (Fsp3) is 0.588. The molecule has 0 saturated carbocycles. The normalized spacial score (nSPS) is 24.6. The van der Waals surface area contributed by atoms with E-state index in [2.05, 4.69) is 22.8 Å². The summed E-state index contributed by atoms with van der Waals surface area (Å²) in [6.07, 6.45) is 4.23. The molecule has 2 atom stereocenters. The number of hydrogen-bond donors (Lipinski definition) is 2. The van der Waals surface area contributed by atoms with Gasteiger partial charge in [-0.05, 0) is 49.3 Å². The second kappa shape index (κ2) is 5.95. The predicted octanol–water partition coefficient (Wildman–Crippen LogP) is 2.74. The van der Waals surface area contributed by atoms with Crippen LogP contribution in [0.1, 0.15) is 48.9 Å². The molecule has 1 aliphatic carbocycles. The summed E-state index contributed by atoms with van der Waals surface area (Å²) in [5.41, 5.74) is 3.79. The molecular formula is C17H22F2N2O. The number of carbonyl (C=O) groups excluding carboxylic acids is 1. The van der Waals surface area contributed by atoms with Gasteiger partial charge in [-0.1, -0.05) is 18.2 Å². The van der Waals surface area contributed by atoms with E-state index in [4.69, 9.17) is 0 Å². The maximum Gasteiger partial charge on any atom is 0.262 e. The molecule has 1 heterocycles. The lowest BCUT2D eigenvalue weighted by atomic mass is 9.89. The van der Waals surface area contributed by atoms with Gasteiger partial charge in [0.05, 0.1) is 18.6 Å². The van der Waals surface area contributed by atoms with Gasteiger partial charge in [0.25, 0.3) is 5.92 Å². The van der Waals surface area contributed by atoms with Gasteiger partial charge in [0, 0.05) is 6.42 Å². The van der Waals surface area contributed by atoms with Crippen LogP contribution in [0.15, 0.2) is 18.2 Å². The van der Waals surface area contributed by atoms with E-state index < -0.39 is 24.9 Å². The zero-order chi connectivity index (χ0) is 15.7. The maximum atomic E-state index is 13.2. The van der Waals surface area contributed by atoms with Gasteiger partial charge in [-0.3, -0.25) is 10.1 Å².